The molecule has 4 rings (SSSR count). The van der Waals surface area contributed by atoms with Crippen molar-refractivity contribution in [3.05, 3.63) is 34.8 Å². The van der Waals surface area contributed by atoms with Crippen molar-refractivity contribution in [2.45, 2.75) is 36.6 Å². The van der Waals surface area contributed by atoms with Crippen LogP contribution in [0.1, 0.15) is 25.7 Å². The Balaban J connectivity index is 1.42. The second-order valence-electron chi connectivity index (χ2n) is 7.65. The number of nitrogens with zero attached hydrogens (tertiary/aromatic N) is 3. The number of piperidine rings is 1. The zero-order chi connectivity index (χ0) is 22.0. The molecule has 2 aromatic rings. The van der Waals surface area contributed by atoms with E-state index in [4.69, 9.17) is 11.6 Å². The largest absolute Gasteiger partial charge is 0.341 e. The summed E-state index contributed by atoms with van der Waals surface area (Å²) in [6.07, 6.45) is 4.25. The van der Waals surface area contributed by atoms with Crippen molar-refractivity contribution in [3.63, 3.8) is 0 Å². The normalized spacial score (nSPS) is 19.8. The maximum atomic E-state index is 12.8. The van der Waals surface area contributed by atoms with Gasteiger partial charge in [-0.05, 0) is 49.9 Å². The van der Waals surface area contributed by atoms with Crippen LogP contribution in [0.15, 0.2) is 35.4 Å². The molecule has 1 unspecified atom stereocenters. The van der Waals surface area contributed by atoms with Gasteiger partial charge in [-0.1, -0.05) is 11.6 Å². The summed E-state index contributed by atoms with van der Waals surface area (Å²) < 4.78 is 28.8. The van der Waals surface area contributed by atoms with Gasteiger partial charge >= 0.3 is 0 Å². The first-order chi connectivity index (χ1) is 14.8. The minimum Gasteiger partial charge on any atom is -0.341 e. The maximum absolute atomic E-state index is 12.8. The molecular formula is C20H23ClN4O4S2. The number of hydrogen-bond acceptors (Lipinski definition) is 6. The van der Waals surface area contributed by atoms with Gasteiger partial charge in [-0.3, -0.25) is 14.6 Å². The van der Waals surface area contributed by atoms with Crippen LogP contribution >= 0.6 is 22.9 Å². The predicted molar refractivity (Wildman–Crippen MR) is 118 cm³/mol. The molecule has 8 nitrogen and oxygen atoms in total. The number of sulfonamides is 1. The molecule has 4 heterocycles. The number of hydrogen-bond donors (Lipinski definition) is 1. The third-order valence-electron chi connectivity index (χ3n) is 5.49. The van der Waals surface area contributed by atoms with Crippen molar-refractivity contribution in [3.8, 4) is 10.6 Å². The fraction of sp³-hybridized carbons (Fsp3) is 0.450. The summed E-state index contributed by atoms with van der Waals surface area (Å²) in [4.78, 5) is 33.5. The summed E-state index contributed by atoms with van der Waals surface area (Å²) in [5.41, 5.74) is 0.621. The number of carbonyl (C=O) groups is 2. The molecule has 0 radical (unpaired) electrons. The van der Waals surface area contributed by atoms with Crippen molar-refractivity contribution < 1.29 is 18.0 Å². The molecule has 2 aliphatic heterocycles. The number of likely N-dealkylation sites (tertiary alicyclic amines) is 2. The molecule has 166 valence electrons. The zero-order valence-electron chi connectivity index (χ0n) is 16.8. The van der Waals surface area contributed by atoms with E-state index >= 15 is 0 Å². The molecule has 1 N–H and O–H groups in total. The first-order valence-electron chi connectivity index (χ1n) is 10.1. The minimum atomic E-state index is -3.93. The molecule has 0 aromatic carbocycles. The van der Waals surface area contributed by atoms with Crippen LogP contribution in [0.25, 0.3) is 10.6 Å². The lowest BCUT2D eigenvalue weighted by atomic mass is 10.1. The van der Waals surface area contributed by atoms with Crippen molar-refractivity contribution in [2.24, 2.45) is 0 Å². The van der Waals surface area contributed by atoms with Crippen molar-refractivity contribution >= 4 is 44.8 Å². The summed E-state index contributed by atoms with van der Waals surface area (Å²) in [6, 6.07) is 5.76. The summed E-state index contributed by atoms with van der Waals surface area (Å²) in [5.74, 6) is -0.442. The molecule has 2 aliphatic rings. The Morgan fingerprint density at radius 1 is 1.16 bits per heavy atom. The van der Waals surface area contributed by atoms with Gasteiger partial charge in [0.1, 0.15) is 10.9 Å². The number of halogens is 1. The molecule has 2 fully saturated rings. The molecule has 1 atom stereocenters. The van der Waals surface area contributed by atoms with Crippen LogP contribution < -0.4 is 4.72 Å². The van der Waals surface area contributed by atoms with Crippen LogP contribution in [0.5, 0.6) is 0 Å². The van der Waals surface area contributed by atoms with Gasteiger partial charge in [0.2, 0.25) is 21.8 Å². The molecule has 0 spiro atoms. The van der Waals surface area contributed by atoms with Crippen molar-refractivity contribution in [1.82, 2.24) is 19.5 Å². The van der Waals surface area contributed by atoms with E-state index in [9.17, 15) is 18.0 Å². The number of aromatic nitrogens is 1. The molecular weight excluding hydrogens is 460 g/mol. The summed E-state index contributed by atoms with van der Waals surface area (Å²) >= 11 is 7.30. The molecule has 0 saturated carbocycles. The fourth-order valence-corrected chi connectivity index (χ4v) is 6.02. The Morgan fingerprint density at radius 3 is 2.58 bits per heavy atom. The quantitative estimate of drug-likeness (QED) is 0.681. The van der Waals surface area contributed by atoms with Gasteiger partial charge < -0.3 is 9.80 Å². The lowest BCUT2D eigenvalue weighted by Gasteiger charge is -2.33. The monoisotopic (exact) mass is 482 g/mol. The highest BCUT2D eigenvalue weighted by molar-refractivity contribution is 7.89. The Hall–Kier alpha value is -2.01. The number of carbonyl (C=O) groups excluding carboxylic acids is 2. The van der Waals surface area contributed by atoms with Gasteiger partial charge in [-0.25, -0.2) is 8.42 Å². The number of amides is 2. The lowest BCUT2D eigenvalue weighted by Crippen LogP contribution is -2.54. The van der Waals surface area contributed by atoms with E-state index in [1.54, 1.807) is 17.0 Å². The molecule has 2 saturated heterocycles. The van der Waals surface area contributed by atoms with Gasteiger partial charge in [-0.2, -0.15) is 4.72 Å². The van der Waals surface area contributed by atoms with Crippen LogP contribution in [0.2, 0.25) is 4.34 Å². The predicted octanol–water partition coefficient (Wildman–Crippen LogP) is 2.36. The van der Waals surface area contributed by atoms with Crippen LogP contribution in [-0.4, -0.2) is 67.2 Å². The van der Waals surface area contributed by atoms with E-state index in [0.717, 1.165) is 30.8 Å². The van der Waals surface area contributed by atoms with Gasteiger partial charge in [-0.15, -0.1) is 11.3 Å². The smallest absolute Gasteiger partial charge is 0.242 e. The van der Waals surface area contributed by atoms with E-state index in [-0.39, 0.29) is 23.3 Å². The molecule has 31 heavy (non-hydrogen) atoms. The molecule has 0 aliphatic carbocycles. The number of thiophene rings is 1. The highest BCUT2D eigenvalue weighted by atomic mass is 35.5. The Kier molecular flexibility index (Phi) is 6.61. The standard InChI is InChI=1S/C20H23ClN4O4S2/c21-18-8-7-17(30-18)15-6-5-14(12-22-15)31(28,29)23-16-4-3-11-25(20(16)27)13-19(26)24-9-1-2-10-24/h5-8,12,16,23H,1-4,9-11,13H2. The average molecular weight is 483 g/mol. The van der Waals surface area contributed by atoms with Crippen molar-refractivity contribution in [2.75, 3.05) is 26.2 Å². The molecule has 0 bridgehead atoms. The minimum absolute atomic E-state index is 0.00329. The van der Waals surface area contributed by atoms with E-state index in [1.165, 1.54) is 28.5 Å². The highest BCUT2D eigenvalue weighted by Gasteiger charge is 2.34. The Morgan fingerprint density at radius 2 is 1.94 bits per heavy atom. The van der Waals surface area contributed by atoms with E-state index in [1.807, 2.05) is 6.07 Å². The number of rotatable bonds is 6. The molecule has 2 aromatic heterocycles. The highest BCUT2D eigenvalue weighted by Crippen LogP contribution is 2.30. The summed E-state index contributed by atoms with van der Waals surface area (Å²) in [6.45, 7) is 1.89. The second kappa shape index (κ2) is 9.23. The molecule has 11 heteroatoms. The fourth-order valence-electron chi connectivity index (χ4n) is 3.83. The summed E-state index contributed by atoms with van der Waals surface area (Å²) in [5, 5.41) is 0. The van der Waals surface area contributed by atoms with Crippen LogP contribution in [-0.2, 0) is 19.6 Å². The topological polar surface area (TPSA) is 99.7 Å². The first-order valence-corrected chi connectivity index (χ1v) is 12.8. The third-order valence-corrected chi connectivity index (χ3v) is 8.20. The lowest BCUT2D eigenvalue weighted by molar-refractivity contribution is -0.142. The van der Waals surface area contributed by atoms with E-state index in [0.29, 0.717) is 29.4 Å². The maximum Gasteiger partial charge on any atom is 0.242 e. The van der Waals surface area contributed by atoms with Gasteiger partial charge in [0, 0.05) is 25.8 Å². The van der Waals surface area contributed by atoms with Gasteiger partial charge in [0.15, 0.2) is 0 Å². The first kappa shape index (κ1) is 22.2. The average Bonchev–Trinajstić information content (AvgIpc) is 3.43. The van der Waals surface area contributed by atoms with Crippen molar-refractivity contribution in [1.29, 1.82) is 0 Å². The number of pyridine rings is 1. The SMILES string of the molecule is O=C(CN1CCCC(NS(=O)(=O)c2ccc(-c3ccc(Cl)s3)nc2)C1=O)N1CCCC1. The van der Waals surface area contributed by atoms with E-state index in [2.05, 4.69) is 9.71 Å². The zero-order valence-corrected chi connectivity index (χ0v) is 19.2. The number of nitrogens with one attached hydrogen (secondary N) is 1. The Labute approximate surface area is 190 Å². The Bertz CT molecular complexity index is 1070. The third kappa shape index (κ3) is 5.08. The molecule has 2 amide bonds. The van der Waals surface area contributed by atoms with Crippen LogP contribution in [0.4, 0.5) is 0 Å². The summed E-state index contributed by atoms with van der Waals surface area (Å²) in [7, 11) is -3.93. The van der Waals surface area contributed by atoms with Crippen LogP contribution in [0, 0.1) is 0 Å². The second-order valence-corrected chi connectivity index (χ2v) is 11.1. The van der Waals surface area contributed by atoms with Gasteiger partial charge in [0.05, 0.1) is 21.5 Å². The van der Waals surface area contributed by atoms with Crippen LogP contribution in [0.3, 0.4) is 0 Å². The van der Waals surface area contributed by atoms with Gasteiger partial charge in [0.25, 0.3) is 0 Å². The van der Waals surface area contributed by atoms with E-state index < -0.39 is 16.1 Å².